The van der Waals surface area contributed by atoms with Crippen molar-refractivity contribution in [2.24, 2.45) is 23.2 Å². The molecule has 4 saturated carbocycles. The minimum Gasteiger partial charge on any atom is -0.481 e. The SMILES string of the molecule is O=C(O)C12CC3C[C@@H](CC[C@@H](C3)C1)C2. The number of carboxylic acid groups (broad SMARTS) is 1. The zero-order valence-electron chi connectivity index (χ0n) is 8.54. The quantitative estimate of drug-likeness (QED) is 0.696. The summed E-state index contributed by atoms with van der Waals surface area (Å²) >= 11 is 0. The van der Waals surface area contributed by atoms with Gasteiger partial charge >= 0.3 is 5.97 Å². The molecule has 0 aromatic rings. The first-order valence-corrected chi connectivity index (χ1v) is 5.91. The lowest BCUT2D eigenvalue weighted by atomic mass is 9.58. The summed E-state index contributed by atoms with van der Waals surface area (Å²) < 4.78 is 0. The second-order valence-electron chi connectivity index (χ2n) is 5.84. The van der Waals surface area contributed by atoms with Crippen LogP contribution in [-0.2, 0) is 4.79 Å². The van der Waals surface area contributed by atoms with Gasteiger partial charge in [-0.3, -0.25) is 4.79 Å². The molecule has 2 heteroatoms. The monoisotopic (exact) mass is 194 g/mol. The van der Waals surface area contributed by atoms with Crippen LogP contribution in [0.25, 0.3) is 0 Å². The van der Waals surface area contributed by atoms with E-state index in [1.54, 1.807) is 0 Å². The van der Waals surface area contributed by atoms with Crippen LogP contribution in [0.3, 0.4) is 0 Å². The van der Waals surface area contributed by atoms with Crippen LogP contribution in [0.5, 0.6) is 0 Å². The Morgan fingerprint density at radius 2 is 1.50 bits per heavy atom. The lowest BCUT2D eigenvalue weighted by Crippen LogP contribution is -2.43. The molecule has 0 spiro atoms. The maximum atomic E-state index is 11.4. The molecule has 0 aromatic carbocycles. The zero-order chi connectivity index (χ0) is 9.76. The summed E-state index contributed by atoms with van der Waals surface area (Å²) in [6, 6.07) is 0. The van der Waals surface area contributed by atoms with Gasteiger partial charge in [0, 0.05) is 0 Å². The maximum Gasteiger partial charge on any atom is 0.309 e. The summed E-state index contributed by atoms with van der Waals surface area (Å²) in [5.74, 6) is 1.71. The summed E-state index contributed by atoms with van der Waals surface area (Å²) in [5, 5.41) is 9.40. The van der Waals surface area contributed by atoms with E-state index < -0.39 is 5.97 Å². The Labute approximate surface area is 84.7 Å². The average Bonchev–Trinajstić information content (AvgIpc) is 2.32. The van der Waals surface area contributed by atoms with E-state index in [9.17, 15) is 9.90 Å². The van der Waals surface area contributed by atoms with Gasteiger partial charge in [-0.05, 0) is 49.9 Å². The molecule has 4 aliphatic carbocycles. The second kappa shape index (κ2) is 2.74. The van der Waals surface area contributed by atoms with Gasteiger partial charge in [0.1, 0.15) is 0 Å². The Balaban J connectivity index is 1.97. The van der Waals surface area contributed by atoms with Crippen LogP contribution in [0.15, 0.2) is 0 Å². The van der Waals surface area contributed by atoms with Crippen LogP contribution in [0.1, 0.15) is 44.9 Å². The van der Waals surface area contributed by atoms with Crippen molar-refractivity contribution in [1.82, 2.24) is 0 Å². The van der Waals surface area contributed by atoms with E-state index in [0.717, 1.165) is 37.0 Å². The molecule has 0 saturated heterocycles. The molecule has 4 bridgehead atoms. The highest BCUT2D eigenvalue weighted by molar-refractivity contribution is 5.75. The van der Waals surface area contributed by atoms with E-state index in [-0.39, 0.29) is 5.41 Å². The lowest BCUT2D eigenvalue weighted by molar-refractivity contribution is -0.157. The molecule has 78 valence electrons. The van der Waals surface area contributed by atoms with Crippen LogP contribution in [-0.4, -0.2) is 11.1 Å². The van der Waals surface area contributed by atoms with Gasteiger partial charge in [-0.15, -0.1) is 0 Å². The fraction of sp³-hybridized carbons (Fsp3) is 0.917. The van der Waals surface area contributed by atoms with Crippen molar-refractivity contribution < 1.29 is 9.90 Å². The number of hydrogen-bond donors (Lipinski definition) is 1. The number of rotatable bonds is 1. The first-order valence-electron chi connectivity index (χ1n) is 5.91. The molecule has 4 aliphatic rings. The van der Waals surface area contributed by atoms with Crippen molar-refractivity contribution in [3.63, 3.8) is 0 Å². The Hall–Kier alpha value is -0.530. The van der Waals surface area contributed by atoms with Crippen LogP contribution in [0.4, 0.5) is 0 Å². The van der Waals surface area contributed by atoms with Gasteiger partial charge < -0.3 is 5.11 Å². The third-order valence-corrected chi connectivity index (χ3v) is 4.81. The van der Waals surface area contributed by atoms with E-state index in [1.165, 1.54) is 25.7 Å². The minimum absolute atomic E-state index is 0.299. The Morgan fingerprint density at radius 1 is 1.00 bits per heavy atom. The van der Waals surface area contributed by atoms with Gasteiger partial charge in [-0.2, -0.15) is 0 Å². The second-order valence-corrected chi connectivity index (χ2v) is 5.84. The van der Waals surface area contributed by atoms with Crippen LogP contribution in [0.2, 0.25) is 0 Å². The highest BCUT2D eigenvalue weighted by Crippen LogP contribution is 2.57. The standard InChI is InChI=1S/C12H18O2/c13-11(14)12-5-8-1-2-9(6-12)4-10(3-8)7-12/h8-10H,1-7H2,(H,13,14)/t8-,9+,10?,12?. The summed E-state index contributed by atoms with van der Waals surface area (Å²) in [6.45, 7) is 0. The molecule has 2 nitrogen and oxygen atoms in total. The molecule has 2 unspecified atom stereocenters. The third kappa shape index (κ3) is 1.12. The predicted molar refractivity (Wildman–Crippen MR) is 52.9 cm³/mol. The summed E-state index contributed by atoms with van der Waals surface area (Å²) in [5.41, 5.74) is -0.299. The molecule has 0 aliphatic heterocycles. The van der Waals surface area contributed by atoms with E-state index in [1.807, 2.05) is 0 Å². The number of aliphatic carboxylic acids is 1. The summed E-state index contributed by atoms with van der Waals surface area (Å²) in [4.78, 5) is 11.4. The normalized spacial score (nSPS) is 50.4. The summed E-state index contributed by atoms with van der Waals surface area (Å²) in [6.07, 6.45) is 8.20. The highest BCUT2D eigenvalue weighted by atomic mass is 16.4. The average molecular weight is 194 g/mol. The summed E-state index contributed by atoms with van der Waals surface area (Å²) in [7, 11) is 0. The van der Waals surface area contributed by atoms with Crippen LogP contribution >= 0.6 is 0 Å². The van der Waals surface area contributed by atoms with Crippen molar-refractivity contribution in [1.29, 1.82) is 0 Å². The molecule has 14 heavy (non-hydrogen) atoms. The third-order valence-electron chi connectivity index (χ3n) is 4.81. The maximum absolute atomic E-state index is 11.4. The smallest absolute Gasteiger partial charge is 0.309 e. The lowest BCUT2D eigenvalue weighted by Gasteiger charge is -2.45. The first kappa shape index (κ1) is 8.75. The molecule has 0 amide bonds. The van der Waals surface area contributed by atoms with Gasteiger partial charge in [-0.1, -0.05) is 12.8 Å². The fourth-order valence-corrected chi connectivity index (χ4v) is 4.45. The van der Waals surface area contributed by atoms with Gasteiger partial charge in [0.15, 0.2) is 0 Å². The molecule has 4 atom stereocenters. The first-order chi connectivity index (χ1) is 6.68. The number of carbonyl (C=O) groups is 1. The molecular weight excluding hydrogens is 176 g/mol. The number of carboxylic acids is 1. The molecule has 0 heterocycles. The van der Waals surface area contributed by atoms with E-state index in [4.69, 9.17) is 0 Å². The molecular formula is C12H18O2. The van der Waals surface area contributed by atoms with Crippen molar-refractivity contribution >= 4 is 5.97 Å². The molecule has 0 aromatic heterocycles. The van der Waals surface area contributed by atoms with Gasteiger partial charge in [-0.25, -0.2) is 0 Å². The Morgan fingerprint density at radius 3 is 2.00 bits per heavy atom. The molecule has 4 fully saturated rings. The van der Waals surface area contributed by atoms with E-state index >= 15 is 0 Å². The Kier molecular flexibility index (Phi) is 1.71. The van der Waals surface area contributed by atoms with Crippen molar-refractivity contribution in [2.45, 2.75) is 44.9 Å². The van der Waals surface area contributed by atoms with E-state index in [0.29, 0.717) is 0 Å². The Bertz CT molecular complexity index is 255. The van der Waals surface area contributed by atoms with E-state index in [2.05, 4.69) is 0 Å². The fourth-order valence-electron chi connectivity index (χ4n) is 4.45. The zero-order valence-corrected chi connectivity index (χ0v) is 8.54. The molecule has 1 N–H and O–H groups in total. The topological polar surface area (TPSA) is 37.3 Å². The minimum atomic E-state index is -0.501. The van der Waals surface area contributed by atoms with Crippen molar-refractivity contribution in [3.05, 3.63) is 0 Å². The van der Waals surface area contributed by atoms with Crippen LogP contribution < -0.4 is 0 Å². The van der Waals surface area contributed by atoms with Crippen LogP contribution in [0, 0.1) is 23.2 Å². The molecule has 0 radical (unpaired) electrons. The van der Waals surface area contributed by atoms with Gasteiger partial charge in [0.25, 0.3) is 0 Å². The van der Waals surface area contributed by atoms with Crippen molar-refractivity contribution in [2.75, 3.05) is 0 Å². The highest BCUT2D eigenvalue weighted by Gasteiger charge is 2.52. The molecule has 4 rings (SSSR count). The predicted octanol–water partition coefficient (Wildman–Crippen LogP) is 2.68. The number of hydrogen-bond acceptors (Lipinski definition) is 1. The van der Waals surface area contributed by atoms with Gasteiger partial charge in [0.2, 0.25) is 0 Å². The number of fused-ring (bicyclic) bond motifs is 1. The largest absolute Gasteiger partial charge is 0.481 e. The van der Waals surface area contributed by atoms with Crippen molar-refractivity contribution in [3.8, 4) is 0 Å². The van der Waals surface area contributed by atoms with Gasteiger partial charge in [0.05, 0.1) is 5.41 Å².